The van der Waals surface area contributed by atoms with Gasteiger partial charge in [0, 0.05) is 55.4 Å². The number of benzene rings is 2. The molecule has 6 rings (SSSR count). The van der Waals surface area contributed by atoms with Gasteiger partial charge in [-0.05, 0) is 70.9 Å². The fraction of sp³-hybridized carbons (Fsp3) is 0.400. The number of nitrogens with zero attached hydrogens (tertiary/aromatic N) is 7. The number of nitrogens with two attached hydrogens (primary N) is 1. The van der Waals surface area contributed by atoms with Gasteiger partial charge in [0.2, 0.25) is 0 Å². The average Bonchev–Trinajstić information content (AvgIpc) is 3.45. The van der Waals surface area contributed by atoms with Crippen molar-refractivity contribution in [2.45, 2.75) is 64.2 Å². The maximum atomic E-state index is 15.7. The molecule has 0 unspecified atom stereocenters. The number of halogens is 1. The summed E-state index contributed by atoms with van der Waals surface area (Å²) in [5.41, 5.74) is 6.93. The van der Waals surface area contributed by atoms with Gasteiger partial charge in [-0.25, -0.2) is 19.0 Å². The van der Waals surface area contributed by atoms with Crippen LogP contribution in [0.25, 0.3) is 22.3 Å². The van der Waals surface area contributed by atoms with Crippen LogP contribution in [0.5, 0.6) is 11.5 Å². The molecule has 47 heavy (non-hydrogen) atoms. The molecule has 0 bridgehead atoms. The van der Waals surface area contributed by atoms with Gasteiger partial charge >= 0.3 is 0 Å². The summed E-state index contributed by atoms with van der Waals surface area (Å²) in [6, 6.07) is 16.2. The van der Waals surface area contributed by atoms with Crippen LogP contribution >= 0.6 is 0 Å². The lowest BCUT2D eigenvalue weighted by atomic mass is 9.94. The van der Waals surface area contributed by atoms with Crippen molar-refractivity contribution in [3.05, 3.63) is 72.3 Å². The number of piperidine rings is 1. The van der Waals surface area contributed by atoms with Gasteiger partial charge < -0.3 is 20.7 Å². The first kappa shape index (κ1) is 32.1. The van der Waals surface area contributed by atoms with E-state index in [-0.39, 0.29) is 34.9 Å². The lowest BCUT2D eigenvalue weighted by molar-refractivity contribution is -0.128. The maximum absolute atomic E-state index is 15.7. The van der Waals surface area contributed by atoms with Crippen LogP contribution in [-0.4, -0.2) is 79.3 Å². The number of para-hydroxylation sites is 1. The van der Waals surface area contributed by atoms with Crippen LogP contribution in [0.1, 0.15) is 46.6 Å². The van der Waals surface area contributed by atoms with Crippen molar-refractivity contribution >= 4 is 22.8 Å². The predicted octanol–water partition coefficient (Wildman–Crippen LogP) is 5.08. The Bertz CT molecular complexity index is 1850. The van der Waals surface area contributed by atoms with E-state index in [1.807, 2.05) is 32.0 Å². The van der Waals surface area contributed by atoms with E-state index in [0.717, 1.165) is 13.1 Å². The van der Waals surface area contributed by atoms with Crippen molar-refractivity contribution in [2.24, 2.45) is 0 Å². The zero-order chi connectivity index (χ0) is 33.3. The molecule has 2 fully saturated rings. The highest BCUT2D eigenvalue weighted by molar-refractivity contribution is 5.99. The molecule has 2 saturated heterocycles. The third kappa shape index (κ3) is 6.54. The van der Waals surface area contributed by atoms with Gasteiger partial charge in [-0.15, -0.1) is 0 Å². The monoisotopic (exact) mass is 637 g/mol. The van der Waals surface area contributed by atoms with Crippen LogP contribution in [0, 0.1) is 17.1 Å². The Morgan fingerprint density at radius 3 is 2.68 bits per heavy atom. The average molecular weight is 638 g/mol. The van der Waals surface area contributed by atoms with Crippen LogP contribution in [0.4, 0.5) is 10.2 Å². The first-order valence-corrected chi connectivity index (χ1v) is 16.0. The first-order chi connectivity index (χ1) is 22.6. The number of carbonyl (C=O) groups excluding carboxylic acids is 1. The van der Waals surface area contributed by atoms with Gasteiger partial charge in [-0.1, -0.05) is 18.2 Å². The molecule has 0 saturated carbocycles. The molecule has 244 valence electrons. The number of nitrogen functional groups attached to an aromatic ring is 1. The smallest absolute Gasteiger partial charge is 0.264 e. The quantitative estimate of drug-likeness (QED) is 0.210. The van der Waals surface area contributed by atoms with Crippen molar-refractivity contribution in [3.8, 4) is 28.8 Å². The summed E-state index contributed by atoms with van der Waals surface area (Å²) in [7, 11) is 0. The zero-order valence-electron chi connectivity index (χ0n) is 27.2. The van der Waals surface area contributed by atoms with Gasteiger partial charge in [0.05, 0.1) is 11.4 Å². The first-order valence-electron chi connectivity index (χ1n) is 16.0. The molecule has 3 atom stereocenters. The molecule has 11 nitrogen and oxygen atoms in total. The number of hydrogen-bond donors (Lipinski definition) is 2. The van der Waals surface area contributed by atoms with E-state index >= 15 is 4.39 Å². The second-order valence-corrected chi connectivity index (χ2v) is 13.0. The number of nitriles is 1. The molecule has 12 heteroatoms. The normalized spacial score (nSPS) is 21.1. The Labute approximate surface area is 273 Å². The summed E-state index contributed by atoms with van der Waals surface area (Å²) in [5, 5.41) is 18.9. The highest BCUT2D eigenvalue weighted by Gasteiger charge is 2.36. The topological polar surface area (TPSA) is 138 Å². The molecule has 2 aliphatic rings. The molecule has 2 aromatic carbocycles. The highest BCUT2D eigenvalue weighted by atomic mass is 19.1. The number of amides is 1. The van der Waals surface area contributed by atoms with E-state index in [1.165, 1.54) is 12.4 Å². The molecular formula is C35H40FN9O2. The van der Waals surface area contributed by atoms with Crippen LogP contribution in [0.15, 0.2) is 66.5 Å². The molecule has 4 aromatic rings. The van der Waals surface area contributed by atoms with Crippen LogP contribution in [0.3, 0.4) is 0 Å². The van der Waals surface area contributed by atoms with Crippen molar-refractivity contribution in [2.75, 3.05) is 31.9 Å². The predicted molar refractivity (Wildman–Crippen MR) is 178 cm³/mol. The molecule has 0 spiro atoms. The van der Waals surface area contributed by atoms with Crippen molar-refractivity contribution in [1.29, 1.82) is 5.26 Å². The fourth-order valence-electron chi connectivity index (χ4n) is 6.73. The SMILES string of the molecule is C[C@@H]1CN[C@@H](C)CN1C(C)(C)C=C(C#N)C(=O)N1CCC[C@@H](n2nc(-c3ccc(Oc4ccccc4)cc3F)c3c(N)ncnc32)C1. The second-order valence-electron chi connectivity index (χ2n) is 13.0. The van der Waals surface area contributed by atoms with E-state index in [0.29, 0.717) is 60.2 Å². The summed E-state index contributed by atoms with van der Waals surface area (Å²) in [6.07, 6.45) is 4.57. The standard InChI is InChI=1S/C35H40FN9O2/c1-22-19-44(23(2)18-39-22)35(3,4)16-24(17-37)34(46)43-14-8-9-25(20-43)45-33-30(32(38)40-21-41-33)31(42-45)28-13-12-27(15-29(28)36)47-26-10-6-5-7-11-26/h5-7,10-13,15-16,21-23,25,39H,8-9,14,18-20H2,1-4H3,(H2,38,40,41)/t22-,23+,25+/m0/s1. The van der Waals surface area contributed by atoms with Gasteiger partial charge in [0.1, 0.15) is 46.8 Å². The van der Waals surface area contributed by atoms with Crippen molar-refractivity contribution in [1.82, 2.24) is 34.9 Å². The van der Waals surface area contributed by atoms with E-state index in [2.05, 4.69) is 40.1 Å². The van der Waals surface area contributed by atoms with E-state index in [1.54, 1.807) is 39.9 Å². The van der Waals surface area contributed by atoms with Crippen LogP contribution in [-0.2, 0) is 4.79 Å². The molecule has 2 aliphatic heterocycles. The third-order valence-electron chi connectivity index (χ3n) is 9.08. The van der Waals surface area contributed by atoms with Crippen molar-refractivity contribution < 1.29 is 13.9 Å². The second kappa shape index (κ2) is 13.1. The summed E-state index contributed by atoms with van der Waals surface area (Å²) in [5.74, 6) is 0.268. The molecule has 0 radical (unpaired) electrons. The fourth-order valence-corrected chi connectivity index (χ4v) is 6.73. The number of piperazine rings is 1. The lowest BCUT2D eigenvalue weighted by Crippen LogP contribution is -2.60. The van der Waals surface area contributed by atoms with Crippen molar-refractivity contribution in [3.63, 3.8) is 0 Å². The van der Waals surface area contributed by atoms with Gasteiger partial charge in [-0.2, -0.15) is 10.4 Å². The summed E-state index contributed by atoms with van der Waals surface area (Å²) < 4.78 is 23.2. The number of aromatic nitrogens is 4. The Kier molecular flexibility index (Phi) is 8.94. The van der Waals surface area contributed by atoms with Crippen LogP contribution in [0.2, 0.25) is 0 Å². The maximum Gasteiger partial charge on any atom is 0.264 e. The number of rotatable bonds is 7. The minimum absolute atomic E-state index is 0.117. The third-order valence-corrected chi connectivity index (χ3v) is 9.08. The summed E-state index contributed by atoms with van der Waals surface area (Å²) in [4.78, 5) is 26.5. The van der Waals surface area contributed by atoms with E-state index in [4.69, 9.17) is 15.6 Å². The number of likely N-dealkylation sites (tertiary alicyclic amines) is 1. The number of hydrogen-bond acceptors (Lipinski definition) is 9. The van der Waals surface area contributed by atoms with Gasteiger partial charge in [-0.3, -0.25) is 9.69 Å². The Hall–Kier alpha value is -4.86. The molecular weight excluding hydrogens is 597 g/mol. The van der Waals surface area contributed by atoms with E-state index in [9.17, 15) is 10.1 Å². The van der Waals surface area contributed by atoms with Crippen LogP contribution < -0.4 is 15.8 Å². The van der Waals surface area contributed by atoms with E-state index < -0.39 is 11.4 Å². The largest absolute Gasteiger partial charge is 0.457 e. The Morgan fingerprint density at radius 2 is 1.94 bits per heavy atom. The number of ether oxygens (including phenoxy) is 1. The lowest BCUT2D eigenvalue weighted by Gasteiger charge is -2.46. The Morgan fingerprint density at radius 1 is 1.15 bits per heavy atom. The highest BCUT2D eigenvalue weighted by Crippen LogP contribution is 2.36. The minimum atomic E-state index is -0.534. The molecule has 0 aliphatic carbocycles. The molecule has 4 heterocycles. The van der Waals surface area contributed by atoms with Gasteiger partial charge in [0.15, 0.2) is 5.65 Å². The molecule has 3 N–H and O–H groups in total. The number of nitrogens with one attached hydrogen (secondary N) is 1. The number of anilines is 1. The summed E-state index contributed by atoms with van der Waals surface area (Å²) >= 11 is 0. The van der Waals surface area contributed by atoms with Gasteiger partial charge in [0.25, 0.3) is 5.91 Å². The number of fused-ring (bicyclic) bond motifs is 1. The summed E-state index contributed by atoms with van der Waals surface area (Å²) in [6.45, 7) is 10.9. The molecule has 1 amide bonds. The Balaban J connectivity index is 1.28. The number of carbonyl (C=O) groups is 1. The molecule has 2 aromatic heterocycles. The zero-order valence-corrected chi connectivity index (χ0v) is 27.2. The minimum Gasteiger partial charge on any atom is -0.457 e.